The van der Waals surface area contributed by atoms with Gasteiger partial charge in [0.25, 0.3) is 0 Å². The third-order valence-corrected chi connectivity index (χ3v) is 3.22. The highest BCUT2D eigenvalue weighted by molar-refractivity contribution is 5.44. The van der Waals surface area contributed by atoms with Gasteiger partial charge >= 0.3 is 0 Å². The van der Waals surface area contributed by atoms with Crippen LogP contribution in [0.4, 0.5) is 0 Å². The van der Waals surface area contributed by atoms with E-state index in [0.29, 0.717) is 12.1 Å². The number of ether oxygens (including phenoxy) is 2. The Morgan fingerprint density at radius 1 is 1.06 bits per heavy atom. The first-order valence-corrected chi connectivity index (χ1v) is 5.95. The smallest absolute Gasteiger partial charge is 0.161 e. The van der Waals surface area contributed by atoms with E-state index in [1.807, 2.05) is 12.1 Å². The lowest BCUT2D eigenvalue weighted by Gasteiger charge is -2.31. The molecule has 2 unspecified atom stereocenters. The summed E-state index contributed by atoms with van der Waals surface area (Å²) in [5, 5.41) is 6.98. The molecule has 17 heavy (non-hydrogen) atoms. The highest BCUT2D eigenvalue weighted by atomic mass is 16.5. The summed E-state index contributed by atoms with van der Waals surface area (Å²) >= 11 is 0. The lowest BCUT2D eigenvalue weighted by atomic mass is 9.98. The molecule has 2 N–H and O–H groups in total. The number of piperazine rings is 1. The zero-order chi connectivity index (χ0) is 12.3. The van der Waals surface area contributed by atoms with E-state index >= 15 is 0 Å². The first-order chi connectivity index (χ1) is 8.26. The van der Waals surface area contributed by atoms with Crippen molar-refractivity contribution in [3.63, 3.8) is 0 Å². The molecule has 94 valence electrons. The van der Waals surface area contributed by atoms with Crippen LogP contribution in [0.3, 0.4) is 0 Å². The summed E-state index contributed by atoms with van der Waals surface area (Å²) in [7, 11) is 3.32. The van der Waals surface area contributed by atoms with Crippen molar-refractivity contribution in [3.05, 3.63) is 23.8 Å². The highest BCUT2D eigenvalue weighted by Gasteiger charge is 2.22. The van der Waals surface area contributed by atoms with Crippen LogP contribution in [0.5, 0.6) is 11.5 Å². The molecule has 0 bridgehead atoms. The normalized spacial score (nSPS) is 24.4. The van der Waals surface area contributed by atoms with Gasteiger partial charge in [0.15, 0.2) is 11.5 Å². The number of hydrogen-bond donors (Lipinski definition) is 2. The van der Waals surface area contributed by atoms with Gasteiger partial charge in [-0.15, -0.1) is 0 Å². The quantitative estimate of drug-likeness (QED) is 0.831. The Balaban J connectivity index is 2.25. The van der Waals surface area contributed by atoms with Gasteiger partial charge in [0.1, 0.15) is 0 Å². The number of nitrogens with one attached hydrogen (secondary N) is 2. The molecule has 0 aliphatic carbocycles. The minimum Gasteiger partial charge on any atom is -0.493 e. The Morgan fingerprint density at radius 2 is 1.76 bits per heavy atom. The summed E-state index contributed by atoms with van der Waals surface area (Å²) in [4.78, 5) is 0. The van der Waals surface area contributed by atoms with Gasteiger partial charge in [0.2, 0.25) is 0 Å². The van der Waals surface area contributed by atoms with Gasteiger partial charge in [-0.2, -0.15) is 0 Å². The summed E-state index contributed by atoms with van der Waals surface area (Å²) in [5.41, 5.74) is 1.22. The van der Waals surface area contributed by atoms with Crippen molar-refractivity contribution >= 4 is 0 Å². The maximum absolute atomic E-state index is 5.33. The van der Waals surface area contributed by atoms with Crippen LogP contribution in [0.2, 0.25) is 0 Å². The van der Waals surface area contributed by atoms with Gasteiger partial charge in [-0.25, -0.2) is 0 Å². The molecule has 2 atom stereocenters. The molecule has 1 aromatic rings. The topological polar surface area (TPSA) is 42.5 Å². The monoisotopic (exact) mass is 236 g/mol. The zero-order valence-electron chi connectivity index (χ0n) is 10.6. The molecule has 0 amide bonds. The summed E-state index contributed by atoms with van der Waals surface area (Å²) in [6.45, 7) is 4.20. The van der Waals surface area contributed by atoms with Crippen LogP contribution in [0.1, 0.15) is 18.5 Å². The molecule has 1 aliphatic rings. The number of methoxy groups -OCH3 is 2. The molecule has 1 heterocycles. The fraction of sp³-hybridized carbons (Fsp3) is 0.538. The molecule has 4 nitrogen and oxygen atoms in total. The zero-order valence-corrected chi connectivity index (χ0v) is 10.6. The molecule has 1 aromatic carbocycles. The molecule has 2 rings (SSSR count). The molecule has 0 saturated carbocycles. The third-order valence-electron chi connectivity index (χ3n) is 3.22. The molecular formula is C13H20N2O2. The average molecular weight is 236 g/mol. The van der Waals surface area contributed by atoms with E-state index in [0.717, 1.165) is 24.6 Å². The maximum atomic E-state index is 5.33. The van der Waals surface area contributed by atoms with Crippen LogP contribution in [-0.4, -0.2) is 33.4 Å². The Kier molecular flexibility index (Phi) is 3.86. The van der Waals surface area contributed by atoms with Gasteiger partial charge in [0.05, 0.1) is 14.2 Å². The Hall–Kier alpha value is -1.26. The Morgan fingerprint density at radius 3 is 2.41 bits per heavy atom. The molecule has 0 radical (unpaired) electrons. The van der Waals surface area contributed by atoms with E-state index in [1.165, 1.54) is 5.56 Å². The van der Waals surface area contributed by atoms with Crippen LogP contribution < -0.4 is 20.1 Å². The van der Waals surface area contributed by atoms with Crippen molar-refractivity contribution < 1.29 is 9.47 Å². The number of benzene rings is 1. The second-order valence-electron chi connectivity index (χ2n) is 4.29. The first kappa shape index (κ1) is 12.2. The number of rotatable bonds is 3. The summed E-state index contributed by atoms with van der Waals surface area (Å²) in [5.74, 6) is 1.55. The molecule has 4 heteroatoms. The fourth-order valence-electron chi connectivity index (χ4n) is 2.27. The van der Waals surface area contributed by atoms with Crippen molar-refractivity contribution in [2.75, 3.05) is 27.3 Å². The minimum atomic E-state index is 0.323. The van der Waals surface area contributed by atoms with E-state index < -0.39 is 0 Å². The van der Waals surface area contributed by atoms with Crippen LogP contribution >= 0.6 is 0 Å². The second kappa shape index (κ2) is 5.38. The Labute approximate surface area is 102 Å². The van der Waals surface area contributed by atoms with E-state index in [-0.39, 0.29) is 0 Å². The molecule has 1 fully saturated rings. The molecule has 1 saturated heterocycles. The lowest BCUT2D eigenvalue weighted by Crippen LogP contribution is -2.48. The van der Waals surface area contributed by atoms with Crippen molar-refractivity contribution in [1.29, 1.82) is 0 Å². The average Bonchev–Trinajstić information content (AvgIpc) is 2.38. The molecule has 1 aliphatic heterocycles. The van der Waals surface area contributed by atoms with Crippen molar-refractivity contribution in [1.82, 2.24) is 10.6 Å². The first-order valence-electron chi connectivity index (χ1n) is 5.95. The summed E-state index contributed by atoms with van der Waals surface area (Å²) in [6.07, 6.45) is 0. The van der Waals surface area contributed by atoms with Gasteiger partial charge in [0, 0.05) is 25.2 Å². The van der Waals surface area contributed by atoms with E-state index in [2.05, 4.69) is 23.6 Å². The summed E-state index contributed by atoms with van der Waals surface area (Å²) in [6, 6.07) is 6.82. The number of hydrogen-bond acceptors (Lipinski definition) is 4. The van der Waals surface area contributed by atoms with Gasteiger partial charge in [-0.05, 0) is 24.6 Å². The Bertz CT molecular complexity index is 382. The second-order valence-corrected chi connectivity index (χ2v) is 4.29. The van der Waals surface area contributed by atoms with E-state index in [4.69, 9.17) is 9.47 Å². The van der Waals surface area contributed by atoms with Gasteiger partial charge < -0.3 is 20.1 Å². The standard InChI is InChI=1S/C13H20N2O2/c1-9-13(15-7-6-14-9)10-4-5-11(16-2)12(8-10)17-3/h4-5,8-9,13-15H,6-7H2,1-3H3. The van der Waals surface area contributed by atoms with Crippen LogP contribution in [-0.2, 0) is 0 Å². The van der Waals surface area contributed by atoms with Crippen molar-refractivity contribution in [3.8, 4) is 11.5 Å². The largest absolute Gasteiger partial charge is 0.493 e. The maximum Gasteiger partial charge on any atom is 0.161 e. The highest BCUT2D eigenvalue weighted by Crippen LogP contribution is 2.31. The molecular weight excluding hydrogens is 216 g/mol. The van der Waals surface area contributed by atoms with Gasteiger partial charge in [-0.1, -0.05) is 6.07 Å². The van der Waals surface area contributed by atoms with E-state index in [1.54, 1.807) is 14.2 Å². The third kappa shape index (κ3) is 2.53. The van der Waals surface area contributed by atoms with E-state index in [9.17, 15) is 0 Å². The van der Waals surface area contributed by atoms with Crippen molar-refractivity contribution in [2.45, 2.75) is 19.0 Å². The molecule has 0 spiro atoms. The summed E-state index contributed by atoms with van der Waals surface area (Å²) < 4.78 is 10.6. The fourth-order valence-corrected chi connectivity index (χ4v) is 2.27. The van der Waals surface area contributed by atoms with Gasteiger partial charge in [-0.3, -0.25) is 0 Å². The van der Waals surface area contributed by atoms with Crippen LogP contribution in [0.25, 0.3) is 0 Å². The molecule has 0 aromatic heterocycles. The van der Waals surface area contributed by atoms with Crippen molar-refractivity contribution in [2.24, 2.45) is 0 Å². The minimum absolute atomic E-state index is 0.323. The predicted octanol–water partition coefficient (Wildman–Crippen LogP) is 1.33. The lowest BCUT2D eigenvalue weighted by molar-refractivity contribution is 0.337. The predicted molar refractivity (Wildman–Crippen MR) is 67.8 cm³/mol. The SMILES string of the molecule is COc1ccc(C2NCCNC2C)cc1OC. The van der Waals surface area contributed by atoms with Crippen LogP contribution in [0.15, 0.2) is 18.2 Å². The van der Waals surface area contributed by atoms with Crippen LogP contribution in [0, 0.1) is 0 Å².